The Kier molecular flexibility index (Phi) is 4.22. The standard InChI is InChI=1S/C13H22N2O3/c14-10(6-7-12(16)17)13(18)15-8-2-4-9-3-1-5-11(9)15/h9-11H,1-8,14H2,(H,16,17). The number of rotatable bonds is 4. The zero-order chi connectivity index (χ0) is 13.1. The Morgan fingerprint density at radius 2 is 2.00 bits per heavy atom. The summed E-state index contributed by atoms with van der Waals surface area (Å²) in [4.78, 5) is 24.7. The normalized spacial score (nSPS) is 28.8. The summed E-state index contributed by atoms with van der Waals surface area (Å²) in [7, 11) is 0. The van der Waals surface area contributed by atoms with E-state index in [9.17, 15) is 9.59 Å². The molecule has 1 heterocycles. The van der Waals surface area contributed by atoms with Gasteiger partial charge in [0.25, 0.3) is 0 Å². The Bertz CT molecular complexity index is 332. The van der Waals surface area contributed by atoms with Gasteiger partial charge in [-0.15, -0.1) is 0 Å². The first-order valence-corrected chi connectivity index (χ1v) is 6.87. The zero-order valence-corrected chi connectivity index (χ0v) is 10.7. The second-order valence-electron chi connectivity index (χ2n) is 5.47. The van der Waals surface area contributed by atoms with Gasteiger partial charge >= 0.3 is 5.97 Å². The number of likely N-dealkylation sites (tertiary alicyclic amines) is 1. The van der Waals surface area contributed by atoms with Crippen LogP contribution in [0.2, 0.25) is 0 Å². The molecule has 1 saturated heterocycles. The number of carboxylic acids is 1. The quantitative estimate of drug-likeness (QED) is 0.783. The van der Waals surface area contributed by atoms with Crippen molar-refractivity contribution in [1.29, 1.82) is 0 Å². The minimum Gasteiger partial charge on any atom is -0.481 e. The molecule has 1 aliphatic heterocycles. The van der Waals surface area contributed by atoms with Gasteiger partial charge in [-0.25, -0.2) is 0 Å². The Balaban J connectivity index is 1.92. The highest BCUT2D eigenvalue weighted by atomic mass is 16.4. The van der Waals surface area contributed by atoms with E-state index in [2.05, 4.69) is 0 Å². The largest absolute Gasteiger partial charge is 0.481 e. The van der Waals surface area contributed by atoms with E-state index in [4.69, 9.17) is 10.8 Å². The predicted octanol–water partition coefficient (Wildman–Crippen LogP) is 0.970. The second kappa shape index (κ2) is 5.69. The van der Waals surface area contributed by atoms with Crippen molar-refractivity contribution in [1.82, 2.24) is 4.90 Å². The molecule has 2 fully saturated rings. The maximum absolute atomic E-state index is 12.3. The number of piperidine rings is 1. The summed E-state index contributed by atoms with van der Waals surface area (Å²) >= 11 is 0. The summed E-state index contributed by atoms with van der Waals surface area (Å²) in [5.74, 6) is -0.294. The molecular weight excluding hydrogens is 232 g/mol. The highest BCUT2D eigenvalue weighted by Gasteiger charge is 2.38. The van der Waals surface area contributed by atoms with Gasteiger partial charge < -0.3 is 15.7 Å². The maximum Gasteiger partial charge on any atom is 0.303 e. The Labute approximate surface area is 107 Å². The molecule has 5 nitrogen and oxygen atoms in total. The summed E-state index contributed by atoms with van der Waals surface area (Å²) in [6.07, 6.45) is 5.98. The number of nitrogens with zero attached hydrogens (tertiary/aromatic N) is 1. The van der Waals surface area contributed by atoms with Crippen LogP contribution in [-0.4, -0.2) is 40.5 Å². The number of nitrogens with two attached hydrogens (primary N) is 1. The van der Waals surface area contributed by atoms with Crippen LogP contribution in [0, 0.1) is 5.92 Å². The highest BCUT2D eigenvalue weighted by molar-refractivity contribution is 5.82. The fourth-order valence-corrected chi connectivity index (χ4v) is 3.34. The smallest absolute Gasteiger partial charge is 0.303 e. The van der Waals surface area contributed by atoms with Gasteiger partial charge in [0, 0.05) is 19.0 Å². The number of hydrogen-bond donors (Lipinski definition) is 2. The number of aliphatic carboxylic acids is 1. The van der Waals surface area contributed by atoms with Gasteiger partial charge in [-0.2, -0.15) is 0 Å². The molecule has 5 heteroatoms. The third-order valence-electron chi connectivity index (χ3n) is 4.26. The van der Waals surface area contributed by atoms with Gasteiger partial charge in [-0.3, -0.25) is 9.59 Å². The van der Waals surface area contributed by atoms with E-state index < -0.39 is 12.0 Å². The summed E-state index contributed by atoms with van der Waals surface area (Å²) < 4.78 is 0. The zero-order valence-electron chi connectivity index (χ0n) is 10.7. The molecule has 0 bridgehead atoms. The Hall–Kier alpha value is -1.10. The van der Waals surface area contributed by atoms with Crippen molar-refractivity contribution in [2.45, 2.75) is 57.0 Å². The molecule has 1 saturated carbocycles. The second-order valence-corrected chi connectivity index (χ2v) is 5.47. The molecule has 3 atom stereocenters. The number of fused-ring (bicyclic) bond motifs is 1. The molecule has 2 aliphatic rings. The number of carbonyl (C=O) groups is 2. The van der Waals surface area contributed by atoms with E-state index in [-0.39, 0.29) is 18.7 Å². The van der Waals surface area contributed by atoms with Crippen LogP contribution in [0.4, 0.5) is 0 Å². The van der Waals surface area contributed by atoms with Crippen LogP contribution in [0.3, 0.4) is 0 Å². The van der Waals surface area contributed by atoms with Crippen LogP contribution in [0.5, 0.6) is 0 Å². The third-order valence-corrected chi connectivity index (χ3v) is 4.26. The minimum absolute atomic E-state index is 0.0329. The molecule has 102 valence electrons. The summed E-state index contributed by atoms with van der Waals surface area (Å²) in [5, 5.41) is 8.62. The Morgan fingerprint density at radius 1 is 1.28 bits per heavy atom. The van der Waals surface area contributed by atoms with E-state index in [0.717, 1.165) is 19.4 Å². The van der Waals surface area contributed by atoms with Crippen LogP contribution >= 0.6 is 0 Å². The molecule has 1 aliphatic carbocycles. The van der Waals surface area contributed by atoms with Gasteiger partial charge in [-0.1, -0.05) is 6.42 Å². The van der Waals surface area contributed by atoms with Gasteiger partial charge in [-0.05, 0) is 38.0 Å². The van der Waals surface area contributed by atoms with Gasteiger partial charge in [0.1, 0.15) is 0 Å². The molecule has 3 N–H and O–H groups in total. The van der Waals surface area contributed by atoms with Crippen LogP contribution < -0.4 is 5.73 Å². The SMILES string of the molecule is NC(CCC(=O)O)C(=O)N1CCCC2CCCC21. The van der Waals surface area contributed by atoms with Crippen LogP contribution in [0.1, 0.15) is 44.9 Å². The maximum atomic E-state index is 12.3. The molecule has 0 spiro atoms. The monoisotopic (exact) mass is 254 g/mol. The van der Waals surface area contributed by atoms with Crippen molar-refractivity contribution in [3.8, 4) is 0 Å². The first kappa shape index (κ1) is 13.3. The highest BCUT2D eigenvalue weighted by Crippen LogP contribution is 2.36. The molecule has 0 aromatic carbocycles. The topological polar surface area (TPSA) is 83.6 Å². The van der Waals surface area contributed by atoms with Crippen molar-refractivity contribution >= 4 is 11.9 Å². The van der Waals surface area contributed by atoms with E-state index in [1.54, 1.807) is 0 Å². The lowest BCUT2D eigenvalue weighted by Crippen LogP contribution is -2.52. The summed E-state index contributed by atoms with van der Waals surface area (Å²) in [5.41, 5.74) is 5.82. The lowest BCUT2D eigenvalue weighted by Gasteiger charge is -2.39. The van der Waals surface area contributed by atoms with E-state index >= 15 is 0 Å². The first-order chi connectivity index (χ1) is 8.59. The molecule has 0 aromatic heterocycles. The fraction of sp³-hybridized carbons (Fsp3) is 0.846. The molecule has 0 aromatic rings. The molecule has 0 radical (unpaired) electrons. The fourth-order valence-electron chi connectivity index (χ4n) is 3.34. The van der Waals surface area contributed by atoms with E-state index in [0.29, 0.717) is 12.0 Å². The van der Waals surface area contributed by atoms with Crippen molar-refractivity contribution in [2.75, 3.05) is 6.54 Å². The van der Waals surface area contributed by atoms with Crippen molar-refractivity contribution in [3.05, 3.63) is 0 Å². The van der Waals surface area contributed by atoms with E-state index in [1.165, 1.54) is 19.3 Å². The third kappa shape index (κ3) is 2.83. The average molecular weight is 254 g/mol. The predicted molar refractivity (Wildman–Crippen MR) is 66.9 cm³/mol. The van der Waals surface area contributed by atoms with Crippen molar-refractivity contribution < 1.29 is 14.7 Å². The number of carbonyl (C=O) groups excluding carboxylic acids is 1. The lowest BCUT2D eigenvalue weighted by atomic mass is 9.91. The molecule has 2 rings (SSSR count). The number of hydrogen-bond acceptors (Lipinski definition) is 3. The summed E-state index contributed by atoms with van der Waals surface area (Å²) in [6.45, 7) is 0.792. The molecular formula is C13H22N2O3. The van der Waals surface area contributed by atoms with Gasteiger partial charge in [0.05, 0.1) is 6.04 Å². The van der Waals surface area contributed by atoms with Crippen molar-refractivity contribution in [2.24, 2.45) is 11.7 Å². The van der Waals surface area contributed by atoms with Crippen molar-refractivity contribution in [3.63, 3.8) is 0 Å². The van der Waals surface area contributed by atoms with E-state index in [1.807, 2.05) is 4.90 Å². The molecule has 18 heavy (non-hydrogen) atoms. The minimum atomic E-state index is -0.893. The number of carboxylic acid groups (broad SMARTS) is 1. The first-order valence-electron chi connectivity index (χ1n) is 6.87. The number of amides is 1. The Morgan fingerprint density at radius 3 is 2.72 bits per heavy atom. The van der Waals surface area contributed by atoms with Crippen LogP contribution in [0.25, 0.3) is 0 Å². The van der Waals surface area contributed by atoms with Gasteiger partial charge in [0.2, 0.25) is 5.91 Å². The average Bonchev–Trinajstić information content (AvgIpc) is 2.82. The van der Waals surface area contributed by atoms with Crippen LogP contribution in [-0.2, 0) is 9.59 Å². The van der Waals surface area contributed by atoms with Crippen LogP contribution in [0.15, 0.2) is 0 Å². The summed E-state index contributed by atoms with van der Waals surface area (Å²) in [6, 6.07) is -0.289. The molecule has 3 unspecified atom stereocenters. The van der Waals surface area contributed by atoms with Gasteiger partial charge in [0.15, 0.2) is 0 Å². The molecule has 1 amide bonds. The lowest BCUT2D eigenvalue weighted by molar-refractivity contribution is -0.139.